The van der Waals surface area contributed by atoms with E-state index in [4.69, 9.17) is 4.74 Å². The van der Waals surface area contributed by atoms with Crippen LogP contribution in [-0.4, -0.2) is 11.6 Å². The molecule has 2 nitrogen and oxygen atoms in total. The molecule has 1 aliphatic rings. The Morgan fingerprint density at radius 1 is 1.33 bits per heavy atom. The smallest absolute Gasteiger partial charge is 0.120 e. The van der Waals surface area contributed by atoms with Gasteiger partial charge < -0.3 is 9.72 Å². The fraction of sp³-hybridized carbons (Fsp3) is 0.385. The number of hydrogen-bond donors (Lipinski definition) is 1. The zero-order chi connectivity index (χ0) is 10.3. The molecule has 2 heteroatoms. The molecule has 0 unspecified atom stereocenters. The number of H-pyrrole nitrogens is 1. The second kappa shape index (κ2) is 3.30. The number of aromatic nitrogens is 1. The topological polar surface area (TPSA) is 25.0 Å². The van der Waals surface area contributed by atoms with Gasteiger partial charge in [-0.05, 0) is 49.9 Å². The van der Waals surface area contributed by atoms with Crippen LogP contribution in [-0.2, 0) is 12.8 Å². The summed E-state index contributed by atoms with van der Waals surface area (Å²) in [5.41, 5.74) is 4.19. The maximum atomic E-state index is 5.53. The van der Waals surface area contributed by atoms with Crippen molar-refractivity contribution in [2.45, 2.75) is 26.2 Å². The highest BCUT2D eigenvalue weighted by atomic mass is 16.5. The molecule has 1 aromatic heterocycles. The second-order valence-corrected chi connectivity index (χ2v) is 4.08. The number of rotatable bonds is 2. The number of ether oxygens (including phenoxy) is 1. The first-order valence-electron chi connectivity index (χ1n) is 5.65. The summed E-state index contributed by atoms with van der Waals surface area (Å²) < 4.78 is 5.53. The summed E-state index contributed by atoms with van der Waals surface area (Å²) in [5.74, 6) is 0.985. The highest BCUT2D eigenvalue weighted by Crippen LogP contribution is 2.32. The van der Waals surface area contributed by atoms with Gasteiger partial charge in [0, 0.05) is 16.6 Å². The lowest BCUT2D eigenvalue weighted by Crippen LogP contribution is -1.90. The van der Waals surface area contributed by atoms with Crippen LogP contribution < -0.4 is 4.74 Å². The predicted molar refractivity (Wildman–Crippen MR) is 61.5 cm³/mol. The third kappa shape index (κ3) is 1.32. The van der Waals surface area contributed by atoms with E-state index in [0.29, 0.717) is 0 Å². The normalized spacial score (nSPS) is 14.5. The first-order chi connectivity index (χ1) is 7.38. The summed E-state index contributed by atoms with van der Waals surface area (Å²) in [6, 6.07) is 6.33. The van der Waals surface area contributed by atoms with Crippen molar-refractivity contribution < 1.29 is 4.74 Å². The van der Waals surface area contributed by atoms with E-state index in [1.807, 2.05) is 13.0 Å². The van der Waals surface area contributed by atoms with Gasteiger partial charge in [-0.2, -0.15) is 0 Å². The van der Waals surface area contributed by atoms with Gasteiger partial charge in [-0.1, -0.05) is 0 Å². The van der Waals surface area contributed by atoms with Crippen LogP contribution in [0.3, 0.4) is 0 Å². The van der Waals surface area contributed by atoms with Crippen molar-refractivity contribution in [2.24, 2.45) is 0 Å². The largest absolute Gasteiger partial charge is 0.494 e. The molecule has 0 saturated heterocycles. The quantitative estimate of drug-likeness (QED) is 0.793. The minimum atomic E-state index is 0.734. The van der Waals surface area contributed by atoms with Gasteiger partial charge in [-0.3, -0.25) is 0 Å². The van der Waals surface area contributed by atoms with Crippen molar-refractivity contribution >= 4 is 10.9 Å². The molecule has 0 spiro atoms. The SMILES string of the molecule is CCOc1ccc2[nH]c3c(c2c1)CCC3. The van der Waals surface area contributed by atoms with Crippen molar-refractivity contribution in [3.05, 3.63) is 29.5 Å². The summed E-state index contributed by atoms with van der Waals surface area (Å²) in [6.45, 7) is 2.75. The third-order valence-electron chi connectivity index (χ3n) is 3.13. The van der Waals surface area contributed by atoms with Crippen LogP contribution in [0.1, 0.15) is 24.6 Å². The fourth-order valence-corrected chi connectivity index (χ4v) is 2.48. The molecule has 1 N–H and O–H groups in total. The minimum absolute atomic E-state index is 0.734. The van der Waals surface area contributed by atoms with Gasteiger partial charge in [0.1, 0.15) is 5.75 Å². The van der Waals surface area contributed by atoms with Gasteiger partial charge in [0.2, 0.25) is 0 Å². The number of benzene rings is 1. The molecule has 0 aliphatic heterocycles. The lowest BCUT2D eigenvalue weighted by atomic mass is 10.1. The van der Waals surface area contributed by atoms with Crippen LogP contribution in [0.2, 0.25) is 0 Å². The zero-order valence-electron chi connectivity index (χ0n) is 8.97. The third-order valence-corrected chi connectivity index (χ3v) is 3.13. The van der Waals surface area contributed by atoms with Gasteiger partial charge >= 0.3 is 0 Å². The Balaban J connectivity index is 2.16. The number of nitrogens with one attached hydrogen (secondary N) is 1. The standard InChI is InChI=1S/C13H15NO/c1-2-15-9-6-7-13-11(8-9)10-4-3-5-12(10)14-13/h6-8,14H,2-5H2,1H3. The predicted octanol–water partition coefficient (Wildman–Crippen LogP) is 3.06. The summed E-state index contributed by atoms with van der Waals surface area (Å²) in [7, 11) is 0. The Labute approximate surface area is 89.3 Å². The highest BCUT2D eigenvalue weighted by Gasteiger charge is 2.16. The van der Waals surface area contributed by atoms with Crippen molar-refractivity contribution in [1.82, 2.24) is 4.98 Å². The molecule has 3 rings (SSSR count). The van der Waals surface area contributed by atoms with Crippen molar-refractivity contribution in [1.29, 1.82) is 0 Å². The number of hydrogen-bond acceptors (Lipinski definition) is 1. The Bertz CT molecular complexity index is 498. The van der Waals surface area contributed by atoms with Crippen LogP contribution >= 0.6 is 0 Å². The molecule has 0 bridgehead atoms. The van der Waals surface area contributed by atoms with Crippen molar-refractivity contribution in [3.8, 4) is 5.75 Å². The molecule has 1 aromatic carbocycles. The molecule has 15 heavy (non-hydrogen) atoms. The Morgan fingerprint density at radius 2 is 2.27 bits per heavy atom. The summed E-state index contributed by atoms with van der Waals surface area (Å²) >= 11 is 0. The van der Waals surface area contributed by atoms with Crippen LogP contribution in [0.15, 0.2) is 18.2 Å². The molecule has 78 valence electrons. The summed E-state index contributed by atoms with van der Waals surface area (Å²) in [5, 5.41) is 1.36. The lowest BCUT2D eigenvalue weighted by molar-refractivity contribution is 0.340. The van der Waals surface area contributed by atoms with E-state index in [9.17, 15) is 0 Å². The molecular formula is C13H15NO. The minimum Gasteiger partial charge on any atom is -0.494 e. The van der Waals surface area contributed by atoms with E-state index in [0.717, 1.165) is 12.4 Å². The highest BCUT2D eigenvalue weighted by molar-refractivity contribution is 5.86. The van der Waals surface area contributed by atoms with E-state index in [-0.39, 0.29) is 0 Å². The molecule has 2 aromatic rings. The Hall–Kier alpha value is -1.44. The van der Waals surface area contributed by atoms with E-state index in [1.165, 1.54) is 41.4 Å². The number of aryl methyl sites for hydroxylation is 2. The summed E-state index contributed by atoms with van der Waals surface area (Å²) in [4.78, 5) is 3.49. The molecule has 0 saturated carbocycles. The maximum absolute atomic E-state index is 5.53. The average molecular weight is 201 g/mol. The average Bonchev–Trinajstić information content (AvgIpc) is 2.78. The van der Waals surface area contributed by atoms with E-state index in [1.54, 1.807) is 0 Å². The zero-order valence-corrected chi connectivity index (χ0v) is 8.97. The molecule has 0 atom stereocenters. The maximum Gasteiger partial charge on any atom is 0.120 e. The van der Waals surface area contributed by atoms with Gasteiger partial charge in [0.15, 0.2) is 0 Å². The van der Waals surface area contributed by atoms with Crippen LogP contribution in [0.4, 0.5) is 0 Å². The monoisotopic (exact) mass is 201 g/mol. The van der Waals surface area contributed by atoms with Gasteiger partial charge in [-0.25, -0.2) is 0 Å². The van der Waals surface area contributed by atoms with Crippen LogP contribution in [0, 0.1) is 0 Å². The van der Waals surface area contributed by atoms with E-state index >= 15 is 0 Å². The van der Waals surface area contributed by atoms with Gasteiger partial charge in [0.25, 0.3) is 0 Å². The molecule has 1 heterocycles. The Morgan fingerprint density at radius 3 is 3.13 bits per heavy atom. The van der Waals surface area contributed by atoms with Gasteiger partial charge in [0.05, 0.1) is 6.61 Å². The molecule has 0 fully saturated rings. The molecule has 1 aliphatic carbocycles. The molecule has 0 radical (unpaired) electrons. The van der Waals surface area contributed by atoms with Crippen molar-refractivity contribution in [2.75, 3.05) is 6.61 Å². The second-order valence-electron chi connectivity index (χ2n) is 4.08. The van der Waals surface area contributed by atoms with E-state index in [2.05, 4.69) is 17.1 Å². The Kier molecular flexibility index (Phi) is 1.94. The number of aromatic amines is 1. The first-order valence-corrected chi connectivity index (χ1v) is 5.65. The first kappa shape index (κ1) is 8.84. The number of fused-ring (bicyclic) bond motifs is 3. The fourth-order valence-electron chi connectivity index (χ4n) is 2.48. The summed E-state index contributed by atoms with van der Waals surface area (Å²) in [6.07, 6.45) is 3.70. The lowest BCUT2D eigenvalue weighted by Gasteiger charge is -2.02. The van der Waals surface area contributed by atoms with Crippen LogP contribution in [0.25, 0.3) is 10.9 Å². The molecular weight excluding hydrogens is 186 g/mol. The van der Waals surface area contributed by atoms with Crippen LogP contribution in [0.5, 0.6) is 5.75 Å². The molecule has 0 amide bonds. The van der Waals surface area contributed by atoms with Crippen molar-refractivity contribution in [3.63, 3.8) is 0 Å². The van der Waals surface area contributed by atoms with Gasteiger partial charge in [-0.15, -0.1) is 0 Å². The van der Waals surface area contributed by atoms with E-state index < -0.39 is 0 Å².